The van der Waals surface area contributed by atoms with Crippen molar-refractivity contribution in [2.24, 2.45) is 5.10 Å². The minimum absolute atomic E-state index is 0.185. The average Bonchev–Trinajstić information content (AvgIpc) is 3.24. The van der Waals surface area contributed by atoms with Crippen molar-refractivity contribution in [3.8, 4) is 11.3 Å². The van der Waals surface area contributed by atoms with Crippen molar-refractivity contribution in [3.05, 3.63) is 99.5 Å². The summed E-state index contributed by atoms with van der Waals surface area (Å²) in [5, 5.41) is 11.7. The molecule has 0 spiro atoms. The summed E-state index contributed by atoms with van der Waals surface area (Å²) in [4.78, 5) is 29.1. The molecule has 2 aromatic heterocycles. The van der Waals surface area contributed by atoms with Crippen molar-refractivity contribution in [1.82, 2.24) is 15.6 Å². The summed E-state index contributed by atoms with van der Waals surface area (Å²) in [6.07, 6.45) is 3.09. The highest BCUT2D eigenvalue weighted by molar-refractivity contribution is 6.39. The normalized spacial score (nSPS) is 11.3. The molecule has 0 saturated heterocycles. The largest absolute Gasteiger partial charge is 0.360 e. The van der Waals surface area contributed by atoms with Crippen LogP contribution in [0.2, 0.25) is 10.0 Å². The molecule has 0 atom stereocenters. The van der Waals surface area contributed by atoms with Gasteiger partial charge in [0.25, 0.3) is 11.8 Å². The molecule has 10 heteroatoms. The zero-order chi connectivity index (χ0) is 24.9. The van der Waals surface area contributed by atoms with Crippen LogP contribution < -0.4 is 10.7 Å². The average molecular weight is 508 g/mol. The molecular weight excluding hydrogens is 489 g/mol. The minimum Gasteiger partial charge on any atom is -0.360 e. The zero-order valence-corrected chi connectivity index (χ0v) is 20.2. The van der Waals surface area contributed by atoms with Crippen LogP contribution in [0.1, 0.15) is 39.0 Å². The van der Waals surface area contributed by atoms with Crippen molar-refractivity contribution < 1.29 is 14.1 Å². The number of halogens is 2. The first-order valence-electron chi connectivity index (χ1n) is 10.4. The van der Waals surface area contributed by atoms with Crippen LogP contribution in [0, 0.1) is 6.92 Å². The van der Waals surface area contributed by atoms with E-state index >= 15 is 0 Å². The van der Waals surface area contributed by atoms with Gasteiger partial charge in [-0.2, -0.15) is 5.10 Å². The van der Waals surface area contributed by atoms with Gasteiger partial charge in [-0.3, -0.25) is 14.6 Å². The number of carbonyl (C=O) groups is 2. The maximum Gasteiger partial charge on any atom is 0.277 e. The Morgan fingerprint density at radius 2 is 1.66 bits per heavy atom. The van der Waals surface area contributed by atoms with Crippen molar-refractivity contribution in [2.45, 2.75) is 13.8 Å². The summed E-state index contributed by atoms with van der Waals surface area (Å²) in [5.41, 5.74) is 5.72. The van der Waals surface area contributed by atoms with Gasteiger partial charge in [0.15, 0.2) is 0 Å². The Kier molecular flexibility index (Phi) is 7.24. The first kappa shape index (κ1) is 24.1. The summed E-state index contributed by atoms with van der Waals surface area (Å²) >= 11 is 12.6. The van der Waals surface area contributed by atoms with Crippen LogP contribution in [-0.4, -0.2) is 27.7 Å². The first-order chi connectivity index (χ1) is 16.8. The van der Waals surface area contributed by atoms with Crippen molar-refractivity contribution in [3.63, 3.8) is 0 Å². The predicted molar refractivity (Wildman–Crippen MR) is 135 cm³/mol. The molecule has 0 unspecified atom stereocenters. The molecule has 176 valence electrons. The van der Waals surface area contributed by atoms with Crippen LogP contribution in [0.3, 0.4) is 0 Å². The highest BCUT2D eigenvalue weighted by Crippen LogP contribution is 2.36. The molecule has 2 heterocycles. The Morgan fingerprint density at radius 3 is 2.31 bits per heavy atom. The number of hydrazone groups is 1. The number of carbonyl (C=O) groups excluding carboxylic acids is 2. The van der Waals surface area contributed by atoms with Gasteiger partial charge in [-0.05, 0) is 55.8 Å². The Bertz CT molecular complexity index is 1400. The van der Waals surface area contributed by atoms with E-state index in [0.717, 1.165) is 5.56 Å². The van der Waals surface area contributed by atoms with E-state index in [9.17, 15) is 9.59 Å². The number of hydrogen-bond donors (Lipinski definition) is 2. The molecule has 0 radical (unpaired) electrons. The van der Waals surface area contributed by atoms with E-state index in [1.54, 1.807) is 74.6 Å². The number of amides is 2. The first-order valence-corrected chi connectivity index (χ1v) is 11.2. The second-order valence-corrected chi connectivity index (χ2v) is 8.28. The summed E-state index contributed by atoms with van der Waals surface area (Å²) in [6.45, 7) is 3.36. The maximum atomic E-state index is 12.9. The molecule has 4 rings (SSSR count). The zero-order valence-electron chi connectivity index (χ0n) is 18.7. The van der Waals surface area contributed by atoms with Gasteiger partial charge in [0.05, 0.1) is 21.3 Å². The second-order valence-electron chi connectivity index (χ2n) is 7.47. The van der Waals surface area contributed by atoms with Gasteiger partial charge in [-0.15, -0.1) is 0 Å². The summed E-state index contributed by atoms with van der Waals surface area (Å²) < 4.78 is 5.23. The lowest BCUT2D eigenvalue weighted by Crippen LogP contribution is -2.20. The molecule has 0 fully saturated rings. The van der Waals surface area contributed by atoms with Crippen molar-refractivity contribution in [1.29, 1.82) is 0 Å². The number of nitrogens with zero attached hydrogens (tertiary/aromatic N) is 3. The Labute approximate surface area is 211 Å². The van der Waals surface area contributed by atoms with Crippen molar-refractivity contribution in [2.75, 3.05) is 5.32 Å². The SMILES string of the molecule is C/C(=N/NC(=O)c1c(-c2c(Cl)cccc2Cl)noc1C)c1ccc(NC(=O)c2cccnc2)cc1. The van der Waals surface area contributed by atoms with Gasteiger partial charge in [0.1, 0.15) is 17.0 Å². The van der Waals surface area contributed by atoms with E-state index in [1.807, 2.05) is 0 Å². The van der Waals surface area contributed by atoms with E-state index in [1.165, 1.54) is 6.20 Å². The molecule has 0 aliphatic rings. The van der Waals surface area contributed by atoms with Crippen LogP contribution in [0.4, 0.5) is 5.69 Å². The second kappa shape index (κ2) is 10.5. The molecule has 2 N–H and O–H groups in total. The third kappa shape index (κ3) is 5.40. The molecule has 0 aliphatic heterocycles. The van der Waals surface area contributed by atoms with Gasteiger partial charge in [-0.25, -0.2) is 5.43 Å². The number of pyridine rings is 1. The molecule has 0 aliphatic carbocycles. The van der Waals surface area contributed by atoms with E-state index in [0.29, 0.717) is 38.3 Å². The number of rotatable bonds is 6. The molecule has 0 bridgehead atoms. The fourth-order valence-electron chi connectivity index (χ4n) is 3.28. The van der Waals surface area contributed by atoms with Crippen LogP contribution in [0.15, 0.2) is 76.6 Å². The highest BCUT2D eigenvalue weighted by Gasteiger charge is 2.24. The molecule has 35 heavy (non-hydrogen) atoms. The maximum absolute atomic E-state index is 12.9. The minimum atomic E-state index is -0.519. The highest BCUT2D eigenvalue weighted by atomic mass is 35.5. The number of aromatic nitrogens is 2. The smallest absolute Gasteiger partial charge is 0.277 e. The number of aryl methyl sites for hydroxylation is 1. The van der Waals surface area contributed by atoms with Crippen molar-refractivity contribution >= 4 is 46.4 Å². The third-order valence-corrected chi connectivity index (χ3v) is 5.73. The van der Waals surface area contributed by atoms with Crippen LogP contribution >= 0.6 is 23.2 Å². The Hall–Kier alpha value is -4.01. The molecule has 2 aromatic carbocycles. The number of benzene rings is 2. The molecule has 0 saturated carbocycles. The van der Waals surface area contributed by atoms with E-state index < -0.39 is 5.91 Å². The van der Waals surface area contributed by atoms with Crippen LogP contribution in [-0.2, 0) is 0 Å². The molecule has 8 nitrogen and oxygen atoms in total. The summed E-state index contributed by atoms with van der Waals surface area (Å²) in [5.74, 6) is -0.480. The summed E-state index contributed by atoms with van der Waals surface area (Å²) in [7, 11) is 0. The van der Waals surface area contributed by atoms with Gasteiger partial charge >= 0.3 is 0 Å². The van der Waals surface area contributed by atoms with E-state index in [4.69, 9.17) is 27.7 Å². The van der Waals surface area contributed by atoms with Gasteiger partial charge in [0, 0.05) is 23.6 Å². The fraction of sp³-hybridized carbons (Fsp3) is 0.0800. The van der Waals surface area contributed by atoms with Crippen LogP contribution in [0.5, 0.6) is 0 Å². The van der Waals surface area contributed by atoms with E-state index in [-0.39, 0.29) is 17.2 Å². The Balaban J connectivity index is 1.48. The van der Waals surface area contributed by atoms with E-state index in [2.05, 4.69) is 26.0 Å². The lowest BCUT2D eigenvalue weighted by Gasteiger charge is -2.08. The third-order valence-electron chi connectivity index (χ3n) is 5.10. The molecule has 2 amide bonds. The van der Waals surface area contributed by atoms with Gasteiger partial charge < -0.3 is 9.84 Å². The molecular formula is C25H19Cl2N5O3. The number of nitrogens with one attached hydrogen (secondary N) is 2. The summed E-state index contributed by atoms with van der Waals surface area (Å²) in [6, 6.07) is 15.4. The lowest BCUT2D eigenvalue weighted by atomic mass is 10.1. The fourth-order valence-corrected chi connectivity index (χ4v) is 3.86. The quantitative estimate of drug-likeness (QED) is 0.254. The standard InChI is InChI=1S/C25H19Cl2N5O3/c1-14(16-8-10-18(11-9-16)29-24(33)17-5-4-12-28-13-17)30-31-25(34)21-15(2)35-32-23(21)22-19(26)6-3-7-20(22)27/h3-13H,1-2H3,(H,29,33)(H,31,34)/b30-14-. The topological polar surface area (TPSA) is 109 Å². The lowest BCUT2D eigenvalue weighted by molar-refractivity contribution is 0.0953. The number of hydrogen-bond acceptors (Lipinski definition) is 6. The van der Waals surface area contributed by atoms with Gasteiger partial charge in [-0.1, -0.05) is 46.6 Å². The van der Waals surface area contributed by atoms with Crippen LogP contribution in [0.25, 0.3) is 11.3 Å². The monoisotopic (exact) mass is 507 g/mol. The molecule has 4 aromatic rings. The van der Waals surface area contributed by atoms with Gasteiger partial charge in [0.2, 0.25) is 0 Å². The Morgan fingerprint density at radius 1 is 0.943 bits per heavy atom. The predicted octanol–water partition coefficient (Wildman–Crippen LogP) is 5.76. The number of anilines is 1.